The molecule has 136 valence electrons. The van der Waals surface area contributed by atoms with Crippen molar-refractivity contribution in [3.8, 4) is 11.3 Å². The number of nitrogens with two attached hydrogens (primary N) is 2. The molecule has 0 unspecified atom stereocenters. The number of rotatable bonds is 3. The minimum absolute atomic E-state index is 0.215. The number of nitrogens with zero attached hydrogens (tertiary/aromatic N) is 2. The molecule has 0 saturated carbocycles. The van der Waals surface area contributed by atoms with Gasteiger partial charge < -0.3 is 16.0 Å². The minimum atomic E-state index is -3.17. The Bertz CT molecular complexity index is 1080. The largest absolute Gasteiger partial charge is 0.399 e. The molecule has 1 aliphatic heterocycles. The van der Waals surface area contributed by atoms with Gasteiger partial charge in [0.25, 0.3) is 0 Å². The average Bonchev–Trinajstić information content (AvgIpc) is 3.11. The van der Waals surface area contributed by atoms with E-state index in [9.17, 15) is 8.42 Å². The molecule has 3 aromatic rings. The molecule has 0 spiro atoms. The topological polar surface area (TPSA) is 94.3 Å². The molecule has 26 heavy (non-hydrogen) atoms. The van der Waals surface area contributed by atoms with E-state index in [-0.39, 0.29) is 5.75 Å². The first-order valence-corrected chi connectivity index (χ1v) is 10.3. The quantitative estimate of drug-likeness (QED) is 0.693. The molecule has 1 fully saturated rings. The van der Waals surface area contributed by atoms with Crippen LogP contribution < -0.4 is 15.8 Å². The summed E-state index contributed by atoms with van der Waals surface area (Å²) in [5.74, 6) is 0.215. The van der Waals surface area contributed by atoms with Gasteiger partial charge in [0.05, 0.1) is 28.3 Å². The van der Waals surface area contributed by atoms with Crippen molar-refractivity contribution < 1.29 is 8.42 Å². The number of hydrogen-bond donors (Lipinski definition) is 2. The van der Waals surface area contributed by atoms with Crippen LogP contribution in [0.15, 0.2) is 42.5 Å². The van der Waals surface area contributed by atoms with Gasteiger partial charge >= 0.3 is 0 Å². The number of anilines is 3. The summed E-state index contributed by atoms with van der Waals surface area (Å²) in [6.45, 7) is 3.36. The standard InChI is InChI=1S/C19H22N4O2S/c1-2-22-17-12-14(20)6-9-16(17)18(21)19(22)13-4-7-15(8-5-13)23-10-3-11-26(23,24)25/h4-9,12H,2-3,10-11,20-21H2,1H3. The highest BCUT2D eigenvalue weighted by Gasteiger charge is 2.28. The number of nitrogen functional groups attached to an aromatic ring is 2. The highest BCUT2D eigenvalue weighted by molar-refractivity contribution is 7.93. The van der Waals surface area contributed by atoms with Crippen molar-refractivity contribution in [2.24, 2.45) is 0 Å². The fourth-order valence-electron chi connectivity index (χ4n) is 3.75. The van der Waals surface area contributed by atoms with Crippen molar-refractivity contribution in [3.63, 3.8) is 0 Å². The Balaban J connectivity index is 1.82. The van der Waals surface area contributed by atoms with Gasteiger partial charge in [0.2, 0.25) is 10.0 Å². The molecule has 0 bridgehead atoms. The third-order valence-electron chi connectivity index (χ3n) is 4.97. The lowest BCUT2D eigenvalue weighted by Gasteiger charge is -2.17. The first-order valence-electron chi connectivity index (χ1n) is 8.70. The third-order valence-corrected chi connectivity index (χ3v) is 6.84. The van der Waals surface area contributed by atoms with E-state index in [2.05, 4.69) is 11.5 Å². The van der Waals surface area contributed by atoms with E-state index in [0.29, 0.717) is 30.0 Å². The normalized spacial score (nSPS) is 16.4. The number of hydrogen-bond acceptors (Lipinski definition) is 4. The summed E-state index contributed by atoms with van der Waals surface area (Å²) in [7, 11) is -3.17. The van der Waals surface area contributed by atoms with Crippen LogP contribution in [0.3, 0.4) is 0 Å². The molecular formula is C19H22N4O2S. The zero-order chi connectivity index (χ0) is 18.5. The fourth-order valence-corrected chi connectivity index (χ4v) is 5.31. The third kappa shape index (κ3) is 2.50. The van der Waals surface area contributed by atoms with Crippen LogP contribution >= 0.6 is 0 Å². The molecule has 2 aromatic carbocycles. The van der Waals surface area contributed by atoms with E-state index < -0.39 is 10.0 Å². The van der Waals surface area contributed by atoms with Crippen LogP contribution in [0.1, 0.15) is 13.3 Å². The van der Waals surface area contributed by atoms with Gasteiger partial charge in [-0.15, -0.1) is 0 Å². The van der Waals surface area contributed by atoms with Crippen molar-refractivity contribution in [2.75, 3.05) is 28.1 Å². The lowest BCUT2D eigenvalue weighted by Crippen LogP contribution is -2.24. The van der Waals surface area contributed by atoms with Gasteiger partial charge in [-0.25, -0.2) is 8.42 Å². The van der Waals surface area contributed by atoms with E-state index in [1.54, 1.807) is 0 Å². The van der Waals surface area contributed by atoms with Crippen LogP contribution in [0.4, 0.5) is 17.1 Å². The highest BCUT2D eigenvalue weighted by atomic mass is 32.2. The fraction of sp³-hybridized carbons (Fsp3) is 0.263. The molecule has 0 amide bonds. The molecule has 6 nitrogen and oxygen atoms in total. The van der Waals surface area contributed by atoms with E-state index in [0.717, 1.165) is 28.7 Å². The Hall–Kier alpha value is -2.67. The van der Waals surface area contributed by atoms with E-state index in [1.165, 1.54) is 4.31 Å². The lowest BCUT2D eigenvalue weighted by atomic mass is 10.1. The summed E-state index contributed by atoms with van der Waals surface area (Å²) in [6.07, 6.45) is 0.669. The second-order valence-corrected chi connectivity index (χ2v) is 8.58. The first-order chi connectivity index (χ1) is 12.4. The summed E-state index contributed by atoms with van der Waals surface area (Å²) >= 11 is 0. The highest BCUT2D eigenvalue weighted by Crippen LogP contribution is 2.37. The van der Waals surface area contributed by atoms with E-state index in [4.69, 9.17) is 11.5 Å². The number of fused-ring (bicyclic) bond motifs is 1. The Morgan fingerprint density at radius 2 is 1.81 bits per heavy atom. The molecule has 0 atom stereocenters. The van der Waals surface area contributed by atoms with Gasteiger partial charge in [-0.3, -0.25) is 4.31 Å². The van der Waals surface area contributed by atoms with Gasteiger partial charge in [0, 0.05) is 29.7 Å². The Morgan fingerprint density at radius 3 is 2.42 bits per heavy atom. The summed E-state index contributed by atoms with van der Waals surface area (Å²) < 4.78 is 27.8. The number of benzene rings is 2. The minimum Gasteiger partial charge on any atom is -0.399 e. The smallest absolute Gasteiger partial charge is 0.235 e. The molecule has 0 radical (unpaired) electrons. The zero-order valence-corrected chi connectivity index (χ0v) is 15.5. The molecule has 4 N–H and O–H groups in total. The molecule has 0 aliphatic carbocycles. The molecule has 7 heteroatoms. The average molecular weight is 370 g/mol. The molecular weight excluding hydrogens is 348 g/mol. The van der Waals surface area contributed by atoms with Crippen LogP contribution in [0.5, 0.6) is 0 Å². The van der Waals surface area contributed by atoms with Crippen molar-refractivity contribution in [2.45, 2.75) is 19.9 Å². The van der Waals surface area contributed by atoms with E-state index in [1.807, 2.05) is 42.5 Å². The van der Waals surface area contributed by atoms with Crippen LogP contribution in [-0.4, -0.2) is 25.3 Å². The monoisotopic (exact) mass is 370 g/mol. The second-order valence-electron chi connectivity index (χ2n) is 6.57. The summed E-state index contributed by atoms with van der Waals surface area (Å²) in [5, 5.41) is 0.974. The number of sulfonamides is 1. The maximum atomic E-state index is 12.1. The van der Waals surface area contributed by atoms with Gasteiger partial charge in [-0.1, -0.05) is 12.1 Å². The van der Waals surface area contributed by atoms with Crippen LogP contribution in [0, 0.1) is 0 Å². The van der Waals surface area contributed by atoms with Crippen LogP contribution in [0.25, 0.3) is 22.2 Å². The number of aryl methyl sites for hydroxylation is 1. The van der Waals surface area contributed by atoms with Gasteiger partial charge in [-0.05, 0) is 43.7 Å². The molecule has 1 saturated heterocycles. The van der Waals surface area contributed by atoms with Crippen LogP contribution in [0.2, 0.25) is 0 Å². The molecule has 1 aliphatic rings. The molecule has 2 heterocycles. The summed E-state index contributed by atoms with van der Waals surface area (Å²) in [5.41, 5.74) is 17.4. The SMILES string of the molecule is CCn1c(-c2ccc(N3CCCS3(=O)=O)cc2)c(N)c2ccc(N)cc21. The first kappa shape index (κ1) is 16.8. The Morgan fingerprint density at radius 1 is 1.08 bits per heavy atom. The van der Waals surface area contributed by atoms with Gasteiger partial charge in [-0.2, -0.15) is 0 Å². The lowest BCUT2D eigenvalue weighted by molar-refractivity contribution is 0.599. The zero-order valence-electron chi connectivity index (χ0n) is 14.6. The van der Waals surface area contributed by atoms with Crippen LogP contribution in [-0.2, 0) is 16.6 Å². The van der Waals surface area contributed by atoms with Crippen molar-refractivity contribution >= 4 is 38.0 Å². The van der Waals surface area contributed by atoms with Crippen molar-refractivity contribution in [1.29, 1.82) is 0 Å². The molecule has 1 aromatic heterocycles. The Kier molecular flexibility index (Phi) is 3.84. The summed E-state index contributed by atoms with van der Waals surface area (Å²) in [4.78, 5) is 0. The second kappa shape index (κ2) is 5.95. The predicted octanol–water partition coefficient (Wildman–Crippen LogP) is 3.03. The van der Waals surface area contributed by atoms with Crippen molar-refractivity contribution in [3.05, 3.63) is 42.5 Å². The number of aromatic nitrogens is 1. The summed E-state index contributed by atoms with van der Waals surface area (Å²) in [6, 6.07) is 13.3. The van der Waals surface area contributed by atoms with Gasteiger partial charge in [0.1, 0.15) is 0 Å². The Labute approximate surface area is 153 Å². The maximum Gasteiger partial charge on any atom is 0.235 e. The maximum absolute atomic E-state index is 12.1. The van der Waals surface area contributed by atoms with Crippen molar-refractivity contribution in [1.82, 2.24) is 4.57 Å². The predicted molar refractivity (Wildman–Crippen MR) is 108 cm³/mol. The van der Waals surface area contributed by atoms with Gasteiger partial charge in [0.15, 0.2) is 0 Å². The van der Waals surface area contributed by atoms with E-state index >= 15 is 0 Å². The molecule has 4 rings (SSSR count).